The van der Waals surface area contributed by atoms with Gasteiger partial charge in [0.25, 0.3) is 0 Å². The largest absolute Gasteiger partial charge is 0.271 e. The number of nitrogens with two attached hydrogens (primary N) is 1. The van der Waals surface area contributed by atoms with Crippen LogP contribution in [0.3, 0.4) is 0 Å². The van der Waals surface area contributed by atoms with Crippen LogP contribution in [-0.2, 0) is 6.42 Å². The van der Waals surface area contributed by atoms with Gasteiger partial charge in [-0.25, -0.2) is 0 Å². The van der Waals surface area contributed by atoms with E-state index in [9.17, 15) is 0 Å². The van der Waals surface area contributed by atoms with Crippen molar-refractivity contribution in [1.29, 1.82) is 0 Å². The molecule has 0 saturated carbocycles. The molecule has 102 valence electrons. The van der Waals surface area contributed by atoms with Gasteiger partial charge in [-0.15, -0.1) is 11.3 Å². The summed E-state index contributed by atoms with van der Waals surface area (Å²) >= 11 is 5.27. The van der Waals surface area contributed by atoms with Crippen LogP contribution in [0, 0.1) is 0 Å². The van der Waals surface area contributed by atoms with Gasteiger partial charge in [0.05, 0.1) is 6.04 Å². The normalized spacial score (nSPS) is 12.7. The fourth-order valence-electron chi connectivity index (χ4n) is 2.35. The molecule has 0 aliphatic rings. The molecule has 0 bridgehead atoms. The minimum Gasteiger partial charge on any atom is -0.271 e. The summed E-state index contributed by atoms with van der Waals surface area (Å²) in [5.41, 5.74) is 4.15. The van der Waals surface area contributed by atoms with Gasteiger partial charge in [0.1, 0.15) is 0 Å². The summed E-state index contributed by atoms with van der Waals surface area (Å²) in [4.78, 5) is 1.34. The van der Waals surface area contributed by atoms with Gasteiger partial charge >= 0.3 is 0 Å². The van der Waals surface area contributed by atoms with Gasteiger partial charge < -0.3 is 0 Å². The first-order chi connectivity index (χ1) is 9.76. The summed E-state index contributed by atoms with van der Waals surface area (Å²) in [6.07, 6.45) is 0.913. The second kappa shape index (κ2) is 6.06. The number of rotatable bonds is 4. The Morgan fingerprint density at radius 1 is 1.10 bits per heavy atom. The molecule has 1 atom stereocenters. The Balaban J connectivity index is 1.93. The maximum Gasteiger partial charge on any atom is 0.0508 e. The summed E-state index contributed by atoms with van der Waals surface area (Å²) < 4.78 is 1.10. The molecule has 3 rings (SSSR count). The highest BCUT2D eigenvalue weighted by atomic mass is 79.9. The molecule has 1 heterocycles. The number of hydrazine groups is 1. The average Bonchev–Trinajstić information content (AvgIpc) is 2.97. The second-order valence-corrected chi connectivity index (χ2v) is 6.70. The van der Waals surface area contributed by atoms with E-state index in [1.165, 1.54) is 21.2 Å². The van der Waals surface area contributed by atoms with Gasteiger partial charge in [-0.05, 0) is 46.0 Å². The lowest BCUT2D eigenvalue weighted by Crippen LogP contribution is -2.29. The second-order valence-electron chi connectivity index (χ2n) is 4.75. The maximum absolute atomic E-state index is 5.74. The number of hydrogen-bond donors (Lipinski definition) is 2. The summed E-state index contributed by atoms with van der Waals surface area (Å²) in [5.74, 6) is 5.74. The van der Waals surface area contributed by atoms with Gasteiger partial charge in [0.2, 0.25) is 0 Å². The molecule has 0 amide bonds. The Bertz CT molecular complexity index is 710. The predicted molar refractivity (Wildman–Crippen MR) is 89.7 cm³/mol. The van der Waals surface area contributed by atoms with Crippen LogP contribution in [0.1, 0.15) is 16.5 Å². The molecule has 1 aromatic heterocycles. The molecule has 2 aromatic carbocycles. The van der Waals surface area contributed by atoms with E-state index in [2.05, 4.69) is 75.3 Å². The lowest BCUT2D eigenvalue weighted by molar-refractivity contribution is 0.556. The van der Waals surface area contributed by atoms with Crippen LogP contribution in [-0.4, -0.2) is 0 Å². The lowest BCUT2D eigenvalue weighted by Gasteiger charge is -2.16. The molecule has 0 spiro atoms. The third-order valence-corrected chi connectivity index (χ3v) is 4.81. The van der Waals surface area contributed by atoms with Gasteiger partial charge in [0.15, 0.2) is 0 Å². The van der Waals surface area contributed by atoms with Crippen molar-refractivity contribution in [3.8, 4) is 0 Å². The zero-order valence-electron chi connectivity index (χ0n) is 10.8. The first-order valence-electron chi connectivity index (χ1n) is 6.44. The number of thiophene rings is 1. The highest BCUT2D eigenvalue weighted by Gasteiger charge is 2.11. The third kappa shape index (κ3) is 2.94. The molecule has 20 heavy (non-hydrogen) atoms. The van der Waals surface area contributed by atoms with Crippen molar-refractivity contribution in [1.82, 2.24) is 5.43 Å². The Kier molecular flexibility index (Phi) is 4.17. The molecular weight excluding hydrogens is 332 g/mol. The van der Waals surface area contributed by atoms with E-state index < -0.39 is 0 Å². The van der Waals surface area contributed by atoms with Gasteiger partial charge in [-0.1, -0.05) is 40.2 Å². The van der Waals surface area contributed by atoms with Crippen molar-refractivity contribution in [2.24, 2.45) is 5.84 Å². The zero-order valence-corrected chi connectivity index (χ0v) is 13.2. The summed E-state index contributed by atoms with van der Waals surface area (Å²) in [5, 5.41) is 4.56. The van der Waals surface area contributed by atoms with Crippen molar-refractivity contribution in [3.63, 3.8) is 0 Å². The van der Waals surface area contributed by atoms with Crippen molar-refractivity contribution in [2.75, 3.05) is 0 Å². The monoisotopic (exact) mass is 346 g/mol. The predicted octanol–water partition coefficient (Wildman–Crippen LogP) is 4.41. The maximum atomic E-state index is 5.74. The van der Waals surface area contributed by atoms with E-state index >= 15 is 0 Å². The summed E-state index contributed by atoms with van der Waals surface area (Å²) in [6, 6.07) is 17.2. The molecule has 2 nitrogen and oxygen atoms in total. The molecule has 4 heteroatoms. The van der Waals surface area contributed by atoms with Crippen molar-refractivity contribution >= 4 is 38.0 Å². The van der Waals surface area contributed by atoms with Crippen LogP contribution < -0.4 is 11.3 Å². The molecule has 0 aliphatic carbocycles. The number of fused-ring (bicyclic) bond motifs is 1. The standard InChI is InChI=1S/C16H15BrN2S/c17-14-6-5-11-8-13(4-3-12(11)9-14)16(19-18)10-15-2-1-7-20-15/h1-9,16,19H,10,18H2. The Hall–Kier alpha value is -1.20. The molecule has 0 aliphatic heterocycles. The highest BCUT2D eigenvalue weighted by Crippen LogP contribution is 2.26. The molecule has 1 unspecified atom stereocenters. The van der Waals surface area contributed by atoms with Crippen LogP contribution in [0.2, 0.25) is 0 Å². The van der Waals surface area contributed by atoms with E-state index in [1.54, 1.807) is 11.3 Å². The first kappa shape index (κ1) is 13.8. The number of nitrogens with one attached hydrogen (secondary N) is 1. The Morgan fingerprint density at radius 3 is 2.65 bits per heavy atom. The molecular formula is C16H15BrN2S. The smallest absolute Gasteiger partial charge is 0.0508 e. The fraction of sp³-hybridized carbons (Fsp3) is 0.125. The van der Waals surface area contributed by atoms with E-state index in [0.29, 0.717) is 0 Å². The summed E-state index contributed by atoms with van der Waals surface area (Å²) in [7, 11) is 0. The molecule has 0 fully saturated rings. The molecule has 0 radical (unpaired) electrons. The molecule has 3 N–H and O–H groups in total. The van der Waals surface area contributed by atoms with Crippen LogP contribution in [0.25, 0.3) is 10.8 Å². The highest BCUT2D eigenvalue weighted by molar-refractivity contribution is 9.10. The minimum absolute atomic E-state index is 0.140. The van der Waals surface area contributed by atoms with Crippen LogP contribution in [0.15, 0.2) is 58.4 Å². The van der Waals surface area contributed by atoms with Gasteiger partial charge in [-0.3, -0.25) is 11.3 Å². The van der Waals surface area contributed by atoms with E-state index in [4.69, 9.17) is 5.84 Å². The van der Waals surface area contributed by atoms with Crippen LogP contribution >= 0.6 is 27.3 Å². The summed E-state index contributed by atoms with van der Waals surface area (Å²) in [6.45, 7) is 0. The lowest BCUT2D eigenvalue weighted by atomic mass is 10.00. The van der Waals surface area contributed by atoms with E-state index in [-0.39, 0.29) is 6.04 Å². The Morgan fingerprint density at radius 2 is 1.90 bits per heavy atom. The first-order valence-corrected chi connectivity index (χ1v) is 8.11. The molecule has 0 saturated heterocycles. The van der Waals surface area contributed by atoms with Crippen molar-refractivity contribution in [3.05, 3.63) is 68.8 Å². The SMILES string of the molecule is NNC(Cc1cccs1)c1ccc2cc(Br)ccc2c1. The Labute approximate surface area is 130 Å². The molecule has 3 aromatic rings. The number of benzene rings is 2. The van der Waals surface area contributed by atoms with E-state index in [1.807, 2.05) is 0 Å². The van der Waals surface area contributed by atoms with Gasteiger partial charge in [-0.2, -0.15) is 0 Å². The van der Waals surface area contributed by atoms with E-state index in [0.717, 1.165) is 10.9 Å². The average molecular weight is 347 g/mol. The van der Waals surface area contributed by atoms with Crippen LogP contribution in [0.5, 0.6) is 0 Å². The topological polar surface area (TPSA) is 38.0 Å². The van der Waals surface area contributed by atoms with Gasteiger partial charge in [0, 0.05) is 15.8 Å². The number of halogens is 1. The number of hydrogen-bond acceptors (Lipinski definition) is 3. The van der Waals surface area contributed by atoms with Crippen molar-refractivity contribution in [2.45, 2.75) is 12.5 Å². The quantitative estimate of drug-likeness (QED) is 0.542. The van der Waals surface area contributed by atoms with Crippen LogP contribution in [0.4, 0.5) is 0 Å². The third-order valence-electron chi connectivity index (χ3n) is 3.42. The van der Waals surface area contributed by atoms with Crippen molar-refractivity contribution < 1.29 is 0 Å². The zero-order chi connectivity index (χ0) is 13.9. The minimum atomic E-state index is 0.140. The fourth-order valence-corrected chi connectivity index (χ4v) is 3.49.